The van der Waals surface area contributed by atoms with Gasteiger partial charge in [-0.15, -0.1) is 24.0 Å². The monoisotopic (exact) mass is 482 g/mol. The predicted octanol–water partition coefficient (Wildman–Crippen LogP) is 3.20. The number of hydrogen-bond donors (Lipinski definition) is 1. The Bertz CT molecular complexity index is 791. The first-order valence-electron chi connectivity index (χ1n) is 9.17. The molecule has 0 radical (unpaired) electrons. The predicted molar refractivity (Wildman–Crippen MR) is 118 cm³/mol. The van der Waals surface area contributed by atoms with Gasteiger partial charge in [0.1, 0.15) is 0 Å². The number of guanidine groups is 1. The summed E-state index contributed by atoms with van der Waals surface area (Å²) in [5.41, 5.74) is 2.16. The summed E-state index contributed by atoms with van der Waals surface area (Å²) in [5, 5.41) is 4.57. The van der Waals surface area contributed by atoms with E-state index < -0.39 is 0 Å². The lowest BCUT2D eigenvalue weighted by Crippen LogP contribution is -2.48. The molecule has 0 aliphatic carbocycles. The van der Waals surface area contributed by atoms with Crippen LogP contribution in [0.4, 0.5) is 0 Å². The SMILES string of the molecule is CCOC(=O)[C@@H]1CCCN(C(=NC)NCc2ccnc3ccccc23)C1.I. The van der Waals surface area contributed by atoms with Crippen LogP contribution in [0.1, 0.15) is 25.3 Å². The number of nitrogens with one attached hydrogen (secondary N) is 1. The van der Waals surface area contributed by atoms with E-state index in [0.29, 0.717) is 19.7 Å². The van der Waals surface area contributed by atoms with Gasteiger partial charge >= 0.3 is 5.97 Å². The third-order valence-corrected chi connectivity index (χ3v) is 4.73. The molecule has 2 heterocycles. The van der Waals surface area contributed by atoms with Gasteiger partial charge in [-0.05, 0) is 37.5 Å². The van der Waals surface area contributed by atoms with E-state index in [4.69, 9.17) is 4.74 Å². The van der Waals surface area contributed by atoms with E-state index in [2.05, 4.69) is 26.3 Å². The summed E-state index contributed by atoms with van der Waals surface area (Å²) >= 11 is 0. The van der Waals surface area contributed by atoms with E-state index in [1.807, 2.05) is 37.4 Å². The van der Waals surface area contributed by atoms with E-state index in [1.54, 1.807) is 7.05 Å². The number of nitrogens with zero attached hydrogens (tertiary/aromatic N) is 3. The molecule has 7 heteroatoms. The third-order valence-electron chi connectivity index (χ3n) is 4.73. The van der Waals surface area contributed by atoms with Gasteiger partial charge < -0.3 is 15.0 Å². The summed E-state index contributed by atoms with van der Waals surface area (Å²) in [7, 11) is 1.78. The minimum absolute atomic E-state index is 0. The zero-order valence-electron chi connectivity index (χ0n) is 15.9. The van der Waals surface area contributed by atoms with Crippen LogP contribution in [0.2, 0.25) is 0 Å². The Labute approximate surface area is 177 Å². The number of fused-ring (bicyclic) bond motifs is 1. The Morgan fingerprint density at radius 1 is 1.37 bits per heavy atom. The summed E-state index contributed by atoms with van der Waals surface area (Å²) in [5.74, 6) is 0.636. The van der Waals surface area contributed by atoms with Gasteiger partial charge in [0.05, 0.1) is 18.0 Å². The molecule has 1 aliphatic heterocycles. The molecule has 3 rings (SSSR count). The third kappa shape index (κ3) is 5.31. The summed E-state index contributed by atoms with van der Waals surface area (Å²) in [4.78, 5) is 23.0. The fraction of sp³-hybridized carbons (Fsp3) is 0.450. The summed E-state index contributed by atoms with van der Waals surface area (Å²) in [6.45, 7) is 4.48. The van der Waals surface area contributed by atoms with Crippen molar-refractivity contribution in [3.8, 4) is 0 Å². The van der Waals surface area contributed by atoms with E-state index in [9.17, 15) is 4.79 Å². The normalized spacial score (nSPS) is 17.3. The van der Waals surface area contributed by atoms with Crippen molar-refractivity contribution in [3.05, 3.63) is 42.1 Å². The standard InChI is InChI=1S/C20H26N4O2.HI/c1-3-26-19(25)16-7-6-12-24(14-16)20(21-2)23-13-15-10-11-22-18-9-5-4-8-17(15)18;/h4-5,8-11,16H,3,6-7,12-14H2,1-2H3,(H,21,23);1H/t16-;/m1./s1. The van der Waals surface area contributed by atoms with Crippen LogP contribution in [-0.4, -0.2) is 48.6 Å². The highest BCUT2D eigenvalue weighted by atomic mass is 127. The number of rotatable bonds is 4. The molecule has 0 amide bonds. The number of benzene rings is 1. The number of ether oxygens (including phenoxy) is 1. The number of pyridine rings is 1. The lowest BCUT2D eigenvalue weighted by atomic mass is 9.98. The summed E-state index contributed by atoms with van der Waals surface area (Å²) < 4.78 is 5.19. The summed E-state index contributed by atoms with van der Waals surface area (Å²) in [6.07, 6.45) is 3.67. The maximum Gasteiger partial charge on any atom is 0.310 e. The number of piperidine rings is 1. The Morgan fingerprint density at radius 2 is 2.19 bits per heavy atom. The molecule has 1 saturated heterocycles. The maximum absolute atomic E-state index is 12.1. The summed E-state index contributed by atoms with van der Waals surface area (Å²) in [6, 6.07) is 10.1. The highest BCUT2D eigenvalue weighted by molar-refractivity contribution is 14.0. The van der Waals surface area contributed by atoms with E-state index in [0.717, 1.165) is 36.2 Å². The molecule has 27 heavy (non-hydrogen) atoms. The number of aliphatic imine (C=N–C) groups is 1. The van der Waals surface area contributed by atoms with Gasteiger partial charge in [-0.25, -0.2) is 0 Å². The van der Waals surface area contributed by atoms with Crippen molar-refractivity contribution in [3.63, 3.8) is 0 Å². The lowest BCUT2D eigenvalue weighted by molar-refractivity contribution is -0.149. The molecule has 6 nitrogen and oxygen atoms in total. The molecule has 1 N–H and O–H groups in total. The van der Waals surface area contributed by atoms with Gasteiger partial charge in [-0.2, -0.15) is 0 Å². The van der Waals surface area contributed by atoms with Crippen LogP contribution in [0.5, 0.6) is 0 Å². The van der Waals surface area contributed by atoms with E-state index >= 15 is 0 Å². The van der Waals surface area contributed by atoms with Crippen molar-refractivity contribution in [2.45, 2.75) is 26.3 Å². The highest BCUT2D eigenvalue weighted by Crippen LogP contribution is 2.19. The van der Waals surface area contributed by atoms with Gasteiger partial charge in [0.25, 0.3) is 0 Å². The first kappa shape index (κ1) is 21.4. The Morgan fingerprint density at radius 3 is 2.96 bits per heavy atom. The Kier molecular flexibility index (Phi) is 8.27. The number of likely N-dealkylation sites (tertiary alicyclic amines) is 1. The first-order chi connectivity index (χ1) is 12.7. The number of halogens is 1. The Balaban J connectivity index is 0.00000261. The smallest absolute Gasteiger partial charge is 0.310 e. The van der Waals surface area contributed by atoms with Crippen LogP contribution in [0, 0.1) is 5.92 Å². The molecule has 1 fully saturated rings. The second-order valence-corrected chi connectivity index (χ2v) is 6.43. The fourth-order valence-electron chi connectivity index (χ4n) is 3.44. The molecule has 1 aromatic heterocycles. The lowest BCUT2D eigenvalue weighted by Gasteiger charge is -2.34. The molecule has 2 aromatic rings. The van der Waals surface area contributed by atoms with Gasteiger partial charge in [0, 0.05) is 38.3 Å². The average Bonchev–Trinajstić information content (AvgIpc) is 2.69. The van der Waals surface area contributed by atoms with Crippen LogP contribution in [0.15, 0.2) is 41.5 Å². The van der Waals surface area contributed by atoms with Crippen molar-refractivity contribution in [1.82, 2.24) is 15.2 Å². The van der Waals surface area contributed by atoms with Crippen molar-refractivity contribution in [2.24, 2.45) is 10.9 Å². The van der Waals surface area contributed by atoms with Crippen molar-refractivity contribution >= 4 is 46.8 Å². The molecule has 0 unspecified atom stereocenters. The molecular formula is C20H27IN4O2. The Hall–Kier alpha value is -1.90. The fourth-order valence-corrected chi connectivity index (χ4v) is 3.44. The quantitative estimate of drug-likeness (QED) is 0.314. The number of carbonyl (C=O) groups is 1. The van der Waals surface area contributed by atoms with Crippen LogP contribution < -0.4 is 5.32 Å². The second-order valence-electron chi connectivity index (χ2n) is 6.43. The van der Waals surface area contributed by atoms with Crippen LogP contribution in [0.3, 0.4) is 0 Å². The zero-order valence-corrected chi connectivity index (χ0v) is 18.2. The van der Waals surface area contributed by atoms with Crippen LogP contribution >= 0.6 is 24.0 Å². The molecule has 0 bridgehead atoms. The highest BCUT2D eigenvalue weighted by Gasteiger charge is 2.28. The van der Waals surface area contributed by atoms with Crippen molar-refractivity contribution in [1.29, 1.82) is 0 Å². The van der Waals surface area contributed by atoms with Gasteiger partial charge in [0.15, 0.2) is 5.96 Å². The van der Waals surface area contributed by atoms with Gasteiger partial charge in [0.2, 0.25) is 0 Å². The van der Waals surface area contributed by atoms with Crippen LogP contribution in [-0.2, 0) is 16.1 Å². The number of aromatic nitrogens is 1. The molecule has 146 valence electrons. The van der Waals surface area contributed by atoms with Crippen molar-refractivity contribution in [2.75, 3.05) is 26.7 Å². The van der Waals surface area contributed by atoms with Gasteiger partial charge in [-0.1, -0.05) is 18.2 Å². The average molecular weight is 482 g/mol. The van der Waals surface area contributed by atoms with Crippen LogP contribution in [0.25, 0.3) is 10.9 Å². The zero-order chi connectivity index (χ0) is 18.4. The minimum Gasteiger partial charge on any atom is -0.466 e. The molecule has 1 aromatic carbocycles. The largest absolute Gasteiger partial charge is 0.466 e. The van der Waals surface area contributed by atoms with E-state index in [-0.39, 0.29) is 35.9 Å². The number of carbonyl (C=O) groups excluding carboxylic acids is 1. The number of esters is 1. The molecule has 1 aliphatic rings. The first-order valence-corrected chi connectivity index (χ1v) is 9.17. The second kappa shape index (κ2) is 10.4. The number of para-hydroxylation sites is 1. The molecule has 0 saturated carbocycles. The molecule has 0 spiro atoms. The van der Waals surface area contributed by atoms with E-state index in [1.165, 1.54) is 5.56 Å². The molecule has 1 atom stereocenters. The van der Waals surface area contributed by atoms with Gasteiger partial charge in [-0.3, -0.25) is 14.8 Å². The van der Waals surface area contributed by atoms with Crippen molar-refractivity contribution < 1.29 is 9.53 Å². The molecular weight excluding hydrogens is 455 g/mol. The topological polar surface area (TPSA) is 66.8 Å². The minimum atomic E-state index is -0.104. The number of hydrogen-bond acceptors (Lipinski definition) is 4. The maximum atomic E-state index is 12.1.